The van der Waals surface area contributed by atoms with E-state index in [0.717, 1.165) is 0 Å². The molecule has 22 heavy (non-hydrogen) atoms. The Kier molecular flexibility index (Phi) is 4.35. The molecule has 0 saturated carbocycles. The largest absolute Gasteiger partial charge is 0.503 e. The van der Waals surface area contributed by atoms with E-state index in [0.29, 0.717) is 5.69 Å². The first-order valence-electron chi connectivity index (χ1n) is 6.97. The van der Waals surface area contributed by atoms with Gasteiger partial charge in [0, 0.05) is 18.0 Å². The second-order valence-electron chi connectivity index (χ2n) is 5.99. The van der Waals surface area contributed by atoms with Crippen molar-refractivity contribution in [3.05, 3.63) is 47.8 Å². The smallest absolute Gasteiger partial charge is 0.278 e. The molecule has 0 atom stereocenters. The SMILES string of the molecule is COc1ccnc(C(=O)Nc2ccc(C(C)(C)C)cc2)c1O. The molecule has 0 aliphatic rings. The van der Waals surface area contributed by atoms with Crippen molar-refractivity contribution in [1.29, 1.82) is 0 Å². The van der Waals surface area contributed by atoms with Crippen molar-refractivity contribution in [3.63, 3.8) is 0 Å². The Labute approximate surface area is 130 Å². The number of hydrogen-bond donors (Lipinski definition) is 2. The van der Waals surface area contributed by atoms with Crippen molar-refractivity contribution in [2.45, 2.75) is 26.2 Å². The zero-order valence-corrected chi connectivity index (χ0v) is 13.2. The van der Waals surface area contributed by atoms with Gasteiger partial charge in [-0.25, -0.2) is 4.98 Å². The van der Waals surface area contributed by atoms with Crippen molar-refractivity contribution < 1.29 is 14.6 Å². The number of carbonyl (C=O) groups is 1. The summed E-state index contributed by atoms with van der Waals surface area (Å²) in [5.74, 6) is -0.544. The van der Waals surface area contributed by atoms with Gasteiger partial charge in [-0.15, -0.1) is 0 Å². The number of carbonyl (C=O) groups excluding carboxylic acids is 1. The van der Waals surface area contributed by atoms with Crippen LogP contribution in [0.4, 0.5) is 5.69 Å². The van der Waals surface area contributed by atoms with Crippen LogP contribution in [0.2, 0.25) is 0 Å². The summed E-state index contributed by atoms with van der Waals surface area (Å²) in [6, 6.07) is 9.08. The number of anilines is 1. The Bertz CT molecular complexity index is 673. The standard InChI is InChI=1S/C17H20N2O3/c1-17(2,3)11-5-7-12(8-6-11)19-16(21)14-15(20)13(22-4)9-10-18-14/h5-10,20H,1-4H3,(H,19,21). The van der Waals surface area contributed by atoms with Crippen molar-refractivity contribution in [3.8, 4) is 11.5 Å². The highest BCUT2D eigenvalue weighted by atomic mass is 16.5. The van der Waals surface area contributed by atoms with Crippen LogP contribution in [0, 0.1) is 0 Å². The van der Waals surface area contributed by atoms with Crippen LogP contribution in [0.1, 0.15) is 36.8 Å². The highest BCUT2D eigenvalue weighted by Gasteiger charge is 2.17. The lowest BCUT2D eigenvalue weighted by molar-refractivity contribution is 0.101. The van der Waals surface area contributed by atoms with E-state index >= 15 is 0 Å². The molecular weight excluding hydrogens is 280 g/mol. The lowest BCUT2D eigenvalue weighted by atomic mass is 9.87. The molecule has 1 aromatic carbocycles. The number of rotatable bonds is 3. The Morgan fingerprint density at radius 2 is 1.82 bits per heavy atom. The molecule has 2 rings (SSSR count). The number of amides is 1. The lowest BCUT2D eigenvalue weighted by Gasteiger charge is -2.19. The van der Waals surface area contributed by atoms with Crippen LogP contribution in [0.15, 0.2) is 36.5 Å². The van der Waals surface area contributed by atoms with Gasteiger partial charge in [0.1, 0.15) is 0 Å². The third kappa shape index (κ3) is 3.36. The molecule has 5 nitrogen and oxygen atoms in total. The first kappa shape index (κ1) is 15.8. The quantitative estimate of drug-likeness (QED) is 0.912. The third-order valence-corrected chi connectivity index (χ3v) is 3.33. The Morgan fingerprint density at radius 1 is 1.18 bits per heavy atom. The second kappa shape index (κ2) is 6.05. The molecule has 1 amide bonds. The summed E-state index contributed by atoms with van der Waals surface area (Å²) in [5, 5.41) is 12.7. The van der Waals surface area contributed by atoms with E-state index in [1.165, 1.54) is 24.9 Å². The van der Waals surface area contributed by atoms with Gasteiger partial charge < -0.3 is 15.2 Å². The Balaban J connectivity index is 2.19. The predicted octanol–water partition coefficient (Wildman–Crippen LogP) is 3.35. The minimum Gasteiger partial charge on any atom is -0.503 e. The van der Waals surface area contributed by atoms with Gasteiger partial charge in [0.2, 0.25) is 0 Å². The van der Waals surface area contributed by atoms with E-state index in [2.05, 4.69) is 31.1 Å². The molecule has 0 saturated heterocycles. The minimum atomic E-state index is -0.486. The van der Waals surface area contributed by atoms with Gasteiger partial charge in [0.25, 0.3) is 5.91 Å². The summed E-state index contributed by atoms with van der Waals surface area (Å²) < 4.78 is 4.97. The zero-order valence-electron chi connectivity index (χ0n) is 13.2. The van der Waals surface area contributed by atoms with E-state index in [-0.39, 0.29) is 22.6 Å². The summed E-state index contributed by atoms with van der Waals surface area (Å²) >= 11 is 0. The van der Waals surface area contributed by atoms with Crippen LogP contribution in [0.25, 0.3) is 0 Å². The third-order valence-electron chi connectivity index (χ3n) is 3.33. The molecule has 5 heteroatoms. The monoisotopic (exact) mass is 300 g/mol. The number of nitrogens with zero attached hydrogens (tertiary/aromatic N) is 1. The van der Waals surface area contributed by atoms with Crippen molar-refractivity contribution in [2.75, 3.05) is 12.4 Å². The molecule has 1 aromatic heterocycles. The normalized spacial score (nSPS) is 11.1. The van der Waals surface area contributed by atoms with E-state index in [1.54, 1.807) is 0 Å². The van der Waals surface area contributed by atoms with E-state index in [1.807, 2.05) is 24.3 Å². The molecule has 2 N–H and O–H groups in total. The van der Waals surface area contributed by atoms with Crippen LogP contribution in [0.5, 0.6) is 11.5 Å². The summed E-state index contributed by atoms with van der Waals surface area (Å²) in [6.45, 7) is 6.37. The molecular formula is C17H20N2O3. The summed E-state index contributed by atoms with van der Waals surface area (Å²) in [6.07, 6.45) is 1.41. The van der Waals surface area contributed by atoms with Gasteiger partial charge in [-0.05, 0) is 23.1 Å². The van der Waals surface area contributed by atoms with E-state index < -0.39 is 5.91 Å². The fourth-order valence-electron chi connectivity index (χ4n) is 2.01. The van der Waals surface area contributed by atoms with Crippen molar-refractivity contribution >= 4 is 11.6 Å². The summed E-state index contributed by atoms with van der Waals surface area (Å²) in [5.41, 5.74) is 1.80. The molecule has 0 fully saturated rings. The fraction of sp³-hybridized carbons (Fsp3) is 0.294. The van der Waals surface area contributed by atoms with Gasteiger partial charge in [0.05, 0.1) is 7.11 Å². The lowest BCUT2D eigenvalue weighted by Crippen LogP contribution is -2.15. The number of aromatic hydroxyl groups is 1. The average molecular weight is 300 g/mol. The molecule has 0 spiro atoms. The number of hydrogen-bond acceptors (Lipinski definition) is 4. The van der Waals surface area contributed by atoms with Gasteiger partial charge >= 0.3 is 0 Å². The second-order valence-corrected chi connectivity index (χ2v) is 5.99. The van der Waals surface area contributed by atoms with Crippen LogP contribution < -0.4 is 10.1 Å². The molecule has 1 heterocycles. The van der Waals surface area contributed by atoms with Crippen molar-refractivity contribution in [2.24, 2.45) is 0 Å². The fourth-order valence-corrected chi connectivity index (χ4v) is 2.01. The maximum absolute atomic E-state index is 12.2. The molecule has 0 bridgehead atoms. The number of pyridine rings is 1. The van der Waals surface area contributed by atoms with E-state index in [4.69, 9.17) is 4.74 Å². The van der Waals surface area contributed by atoms with Crippen LogP contribution in [-0.4, -0.2) is 23.1 Å². The van der Waals surface area contributed by atoms with Gasteiger partial charge in [-0.2, -0.15) is 0 Å². The van der Waals surface area contributed by atoms with Crippen LogP contribution >= 0.6 is 0 Å². The Morgan fingerprint density at radius 3 is 2.36 bits per heavy atom. The molecule has 2 aromatic rings. The average Bonchev–Trinajstić information content (AvgIpc) is 2.47. The number of ether oxygens (including phenoxy) is 1. The Hall–Kier alpha value is -2.56. The maximum Gasteiger partial charge on any atom is 0.278 e. The zero-order chi connectivity index (χ0) is 16.3. The van der Waals surface area contributed by atoms with Gasteiger partial charge in [-0.1, -0.05) is 32.9 Å². The highest BCUT2D eigenvalue weighted by Crippen LogP contribution is 2.28. The number of benzene rings is 1. The van der Waals surface area contributed by atoms with Crippen LogP contribution in [-0.2, 0) is 5.41 Å². The molecule has 0 radical (unpaired) electrons. The maximum atomic E-state index is 12.2. The van der Waals surface area contributed by atoms with E-state index in [9.17, 15) is 9.90 Å². The van der Waals surface area contributed by atoms with Crippen molar-refractivity contribution in [1.82, 2.24) is 4.98 Å². The first-order valence-corrected chi connectivity index (χ1v) is 6.97. The minimum absolute atomic E-state index is 0.0508. The molecule has 0 aliphatic carbocycles. The molecule has 0 aliphatic heterocycles. The topological polar surface area (TPSA) is 71.5 Å². The summed E-state index contributed by atoms with van der Waals surface area (Å²) in [7, 11) is 1.42. The number of methoxy groups -OCH3 is 1. The summed E-state index contributed by atoms with van der Waals surface area (Å²) in [4.78, 5) is 16.1. The van der Waals surface area contributed by atoms with Crippen LogP contribution in [0.3, 0.4) is 0 Å². The predicted molar refractivity (Wildman–Crippen MR) is 85.5 cm³/mol. The number of aromatic nitrogens is 1. The number of nitrogens with one attached hydrogen (secondary N) is 1. The molecule has 0 unspecified atom stereocenters. The first-order chi connectivity index (χ1) is 10.3. The molecule has 116 valence electrons. The highest BCUT2D eigenvalue weighted by molar-refractivity contribution is 6.05. The van der Waals surface area contributed by atoms with Gasteiger partial charge in [0.15, 0.2) is 17.2 Å². The van der Waals surface area contributed by atoms with Gasteiger partial charge in [-0.3, -0.25) is 4.79 Å².